The molecule has 0 aliphatic heterocycles. The van der Waals surface area contributed by atoms with Crippen LogP contribution >= 0.6 is 11.8 Å². The number of benzene rings is 2. The molecular formula is C19H21FN2O2S. The zero-order valence-electron chi connectivity index (χ0n) is 13.8. The van der Waals surface area contributed by atoms with Crippen LogP contribution in [-0.2, 0) is 16.0 Å². The molecule has 2 aromatic carbocycles. The van der Waals surface area contributed by atoms with Gasteiger partial charge in [-0.2, -0.15) is 0 Å². The van der Waals surface area contributed by atoms with Crippen molar-refractivity contribution in [3.8, 4) is 0 Å². The van der Waals surface area contributed by atoms with Crippen molar-refractivity contribution in [1.29, 1.82) is 0 Å². The van der Waals surface area contributed by atoms with Crippen LogP contribution in [0.3, 0.4) is 0 Å². The van der Waals surface area contributed by atoms with E-state index in [1.54, 1.807) is 23.9 Å². The van der Waals surface area contributed by atoms with Crippen LogP contribution in [0.25, 0.3) is 0 Å². The van der Waals surface area contributed by atoms with E-state index < -0.39 is 0 Å². The minimum Gasteiger partial charge on any atom is -0.355 e. The van der Waals surface area contributed by atoms with Crippen molar-refractivity contribution in [2.24, 2.45) is 0 Å². The third-order valence-electron chi connectivity index (χ3n) is 3.38. The summed E-state index contributed by atoms with van der Waals surface area (Å²) in [6, 6.07) is 15.7. The minimum absolute atomic E-state index is 0.0171. The normalized spacial score (nSPS) is 10.3. The highest BCUT2D eigenvalue weighted by Crippen LogP contribution is 2.18. The molecule has 0 bridgehead atoms. The van der Waals surface area contributed by atoms with Gasteiger partial charge in [-0.05, 0) is 42.0 Å². The molecule has 0 fully saturated rings. The van der Waals surface area contributed by atoms with Crippen LogP contribution in [0.5, 0.6) is 0 Å². The molecule has 132 valence electrons. The lowest BCUT2D eigenvalue weighted by molar-refractivity contribution is -0.125. The molecule has 0 unspecified atom stereocenters. The molecule has 4 nitrogen and oxygen atoms in total. The summed E-state index contributed by atoms with van der Waals surface area (Å²) in [5.41, 5.74) is 0.915. The third-order valence-corrected chi connectivity index (χ3v) is 4.48. The van der Waals surface area contributed by atoms with Crippen molar-refractivity contribution in [1.82, 2.24) is 10.6 Å². The average Bonchev–Trinajstić information content (AvgIpc) is 2.62. The monoisotopic (exact) mass is 360 g/mol. The Labute approximate surface area is 151 Å². The smallest absolute Gasteiger partial charge is 0.239 e. The molecule has 6 heteroatoms. The minimum atomic E-state index is -0.245. The zero-order valence-corrected chi connectivity index (χ0v) is 14.7. The molecule has 2 aromatic rings. The Hall–Kier alpha value is -2.34. The van der Waals surface area contributed by atoms with Gasteiger partial charge in [-0.3, -0.25) is 9.59 Å². The summed E-state index contributed by atoms with van der Waals surface area (Å²) in [4.78, 5) is 24.4. The second kappa shape index (κ2) is 10.5. The van der Waals surface area contributed by atoms with Crippen LogP contribution in [0.1, 0.15) is 12.0 Å². The Kier molecular flexibility index (Phi) is 7.98. The number of hydrogen-bond acceptors (Lipinski definition) is 3. The molecule has 0 atom stereocenters. The van der Waals surface area contributed by atoms with Gasteiger partial charge in [-0.25, -0.2) is 4.39 Å². The standard InChI is InChI=1S/C19H21FN2O2S/c20-16-7-9-17(10-8-16)25-12-4-11-21-19(24)14-22-18(23)13-15-5-2-1-3-6-15/h1-3,5-10H,4,11-14H2,(H,21,24)(H,22,23). The number of rotatable bonds is 9. The second-order valence-electron chi connectivity index (χ2n) is 5.44. The highest BCUT2D eigenvalue weighted by Gasteiger charge is 2.06. The van der Waals surface area contributed by atoms with Gasteiger partial charge in [-0.15, -0.1) is 11.8 Å². The predicted octanol–water partition coefficient (Wildman–Crippen LogP) is 2.78. The zero-order chi connectivity index (χ0) is 17.9. The number of hydrogen-bond donors (Lipinski definition) is 2. The Bertz CT molecular complexity index is 678. The molecule has 25 heavy (non-hydrogen) atoms. The lowest BCUT2D eigenvalue weighted by atomic mass is 10.1. The van der Waals surface area contributed by atoms with Gasteiger partial charge in [0.15, 0.2) is 0 Å². The summed E-state index contributed by atoms with van der Waals surface area (Å²) < 4.78 is 12.8. The van der Waals surface area contributed by atoms with Crippen LogP contribution in [0, 0.1) is 5.82 Å². The van der Waals surface area contributed by atoms with E-state index in [9.17, 15) is 14.0 Å². The summed E-state index contributed by atoms with van der Waals surface area (Å²) in [5.74, 6) is 0.207. The maximum Gasteiger partial charge on any atom is 0.239 e. The van der Waals surface area contributed by atoms with Gasteiger partial charge in [0.2, 0.25) is 11.8 Å². The van der Waals surface area contributed by atoms with E-state index in [1.165, 1.54) is 12.1 Å². The molecule has 2 amide bonds. The second-order valence-corrected chi connectivity index (χ2v) is 6.61. The van der Waals surface area contributed by atoms with E-state index in [4.69, 9.17) is 0 Å². The van der Waals surface area contributed by atoms with E-state index in [0.29, 0.717) is 6.54 Å². The SMILES string of the molecule is O=C(CNC(=O)Cc1ccccc1)NCCCSc1ccc(F)cc1. The fourth-order valence-electron chi connectivity index (χ4n) is 2.11. The quantitative estimate of drug-likeness (QED) is 0.534. The number of nitrogens with one attached hydrogen (secondary N) is 2. The molecule has 0 saturated carbocycles. The largest absolute Gasteiger partial charge is 0.355 e. The van der Waals surface area contributed by atoms with Crippen molar-refractivity contribution in [3.05, 3.63) is 66.0 Å². The van der Waals surface area contributed by atoms with Gasteiger partial charge in [0, 0.05) is 11.4 Å². The van der Waals surface area contributed by atoms with Crippen molar-refractivity contribution in [2.75, 3.05) is 18.8 Å². The Morgan fingerprint density at radius 2 is 1.64 bits per heavy atom. The maximum atomic E-state index is 12.8. The van der Waals surface area contributed by atoms with Crippen LogP contribution in [-0.4, -0.2) is 30.7 Å². The number of halogens is 1. The van der Waals surface area contributed by atoms with Gasteiger partial charge < -0.3 is 10.6 Å². The highest BCUT2D eigenvalue weighted by molar-refractivity contribution is 7.99. The van der Waals surface area contributed by atoms with E-state index >= 15 is 0 Å². The van der Waals surface area contributed by atoms with Crippen molar-refractivity contribution in [2.45, 2.75) is 17.7 Å². The molecule has 2 N–H and O–H groups in total. The highest BCUT2D eigenvalue weighted by atomic mass is 32.2. The lowest BCUT2D eigenvalue weighted by Crippen LogP contribution is -2.38. The molecule has 0 heterocycles. The Morgan fingerprint density at radius 3 is 2.36 bits per heavy atom. The van der Waals surface area contributed by atoms with Gasteiger partial charge in [0.25, 0.3) is 0 Å². The van der Waals surface area contributed by atoms with E-state index in [1.807, 2.05) is 30.3 Å². The average molecular weight is 360 g/mol. The first-order valence-corrected chi connectivity index (χ1v) is 9.08. The van der Waals surface area contributed by atoms with Gasteiger partial charge >= 0.3 is 0 Å². The molecule has 2 rings (SSSR count). The summed E-state index contributed by atoms with van der Waals surface area (Å²) in [6.07, 6.45) is 1.06. The summed E-state index contributed by atoms with van der Waals surface area (Å²) in [7, 11) is 0. The maximum absolute atomic E-state index is 12.8. The Balaban J connectivity index is 1.53. The summed E-state index contributed by atoms with van der Waals surface area (Å²) in [5, 5.41) is 5.38. The van der Waals surface area contributed by atoms with Crippen LogP contribution in [0.2, 0.25) is 0 Å². The van der Waals surface area contributed by atoms with Crippen LogP contribution in [0.4, 0.5) is 4.39 Å². The van der Waals surface area contributed by atoms with Crippen molar-refractivity contribution >= 4 is 23.6 Å². The van der Waals surface area contributed by atoms with Crippen molar-refractivity contribution < 1.29 is 14.0 Å². The number of amides is 2. The number of carbonyl (C=O) groups is 2. The molecular weight excluding hydrogens is 339 g/mol. The van der Waals surface area contributed by atoms with Crippen molar-refractivity contribution in [3.63, 3.8) is 0 Å². The molecule has 0 radical (unpaired) electrons. The van der Waals surface area contributed by atoms with Crippen LogP contribution < -0.4 is 10.6 Å². The Morgan fingerprint density at radius 1 is 0.920 bits per heavy atom. The van der Waals surface area contributed by atoms with E-state index in [-0.39, 0.29) is 30.6 Å². The molecule has 0 saturated heterocycles. The van der Waals surface area contributed by atoms with Crippen LogP contribution in [0.15, 0.2) is 59.5 Å². The predicted molar refractivity (Wildman–Crippen MR) is 97.9 cm³/mol. The lowest BCUT2D eigenvalue weighted by Gasteiger charge is -2.07. The first-order valence-electron chi connectivity index (χ1n) is 8.09. The van der Waals surface area contributed by atoms with Gasteiger partial charge in [0.1, 0.15) is 5.82 Å². The molecule has 0 aliphatic rings. The molecule has 0 aliphatic carbocycles. The summed E-state index contributed by atoms with van der Waals surface area (Å²) >= 11 is 1.61. The fraction of sp³-hybridized carbons (Fsp3) is 0.263. The summed E-state index contributed by atoms with van der Waals surface area (Å²) in [6.45, 7) is 0.526. The van der Waals surface area contributed by atoms with E-state index in [0.717, 1.165) is 22.6 Å². The van der Waals surface area contributed by atoms with Gasteiger partial charge in [-0.1, -0.05) is 30.3 Å². The number of carbonyl (C=O) groups excluding carboxylic acids is 2. The first-order chi connectivity index (χ1) is 12.1. The first kappa shape index (κ1) is 19.0. The molecule has 0 spiro atoms. The van der Waals surface area contributed by atoms with Gasteiger partial charge in [0.05, 0.1) is 13.0 Å². The topological polar surface area (TPSA) is 58.2 Å². The fourth-order valence-corrected chi connectivity index (χ4v) is 2.96. The third kappa shape index (κ3) is 7.85. The van der Waals surface area contributed by atoms with E-state index in [2.05, 4.69) is 10.6 Å². The molecule has 0 aromatic heterocycles. The number of thioether (sulfide) groups is 1.